The van der Waals surface area contributed by atoms with Crippen LogP contribution in [0.5, 0.6) is 0 Å². The summed E-state index contributed by atoms with van der Waals surface area (Å²) in [7, 11) is 0. The van der Waals surface area contributed by atoms with Gasteiger partial charge in [-0.1, -0.05) is 26.5 Å². The highest BCUT2D eigenvalue weighted by Gasteiger charge is 2.01. The molecule has 2 heteroatoms. The van der Waals surface area contributed by atoms with Gasteiger partial charge in [-0.2, -0.15) is 0 Å². The maximum atomic E-state index is 5.70. The van der Waals surface area contributed by atoms with Gasteiger partial charge in [0.1, 0.15) is 5.84 Å². The fraction of sp³-hybridized carbons (Fsp3) is 0.500. The molecular weight excluding hydrogens is 148 g/mol. The summed E-state index contributed by atoms with van der Waals surface area (Å²) in [5.41, 5.74) is 6.73. The van der Waals surface area contributed by atoms with Gasteiger partial charge in [-0.15, -0.1) is 0 Å². The lowest BCUT2D eigenvalue weighted by molar-refractivity contribution is 0.732. The summed E-state index contributed by atoms with van der Waals surface area (Å²) in [5.74, 6) is 1.05. The van der Waals surface area contributed by atoms with E-state index in [9.17, 15) is 0 Å². The molecule has 0 bridgehead atoms. The fourth-order valence-electron chi connectivity index (χ4n) is 0.565. The van der Waals surface area contributed by atoms with E-state index in [2.05, 4.69) is 25.4 Å². The molecule has 0 radical (unpaired) electrons. The summed E-state index contributed by atoms with van der Waals surface area (Å²) >= 11 is 0. The number of aliphatic imine (C=N–C) groups is 1. The summed E-state index contributed by atoms with van der Waals surface area (Å²) in [6, 6.07) is 0. The van der Waals surface area contributed by atoms with Gasteiger partial charge in [0.2, 0.25) is 0 Å². The molecule has 68 valence electrons. The van der Waals surface area contributed by atoms with Crippen molar-refractivity contribution in [3.8, 4) is 0 Å². The SMILES string of the molecule is C=C/C(C)=C\N=C(N)C(C)CC. The molecule has 2 N–H and O–H groups in total. The summed E-state index contributed by atoms with van der Waals surface area (Å²) in [6.45, 7) is 9.73. The molecule has 0 aromatic heterocycles. The average Bonchev–Trinajstić information content (AvgIpc) is 2.11. The first-order chi connectivity index (χ1) is 5.61. The van der Waals surface area contributed by atoms with Crippen molar-refractivity contribution in [2.24, 2.45) is 16.6 Å². The Labute approximate surface area is 74.9 Å². The number of amidine groups is 1. The second-order valence-corrected chi connectivity index (χ2v) is 2.94. The van der Waals surface area contributed by atoms with Gasteiger partial charge in [0.25, 0.3) is 0 Å². The maximum Gasteiger partial charge on any atom is 0.102 e. The largest absolute Gasteiger partial charge is 0.387 e. The van der Waals surface area contributed by atoms with Gasteiger partial charge in [0, 0.05) is 12.1 Å². The first-order valence-corrected chi connectivity index (χ1v) is 4.24. The lowest BCUT2D eigenvalue weighted by Gasteiger charge is -2.05. The third kappa shape index (κ3) is 3.96. The molecule has 0 rings (SSSR count). The first-order valence-electron chi connectivity index (χ1n) is 4.24. The van der Waals surface area contributed by atoms with Crippen molar-refractivity contribution in [2.45, 2.75) is 27.2 Å². The van der Waals surface area contributed by atoms with Crippen LogP contribution in [-0.2, 0) is 0 Å². The topological polar surface area (TPSA) is 38.4 Å². The normalized spacial score (nSPS) is 15.9. The van der Waals surface area contributed by atoms with E-state index < -0.39 is 0 Å². The molecule has 0 spiro atoms. The number of hydrogen-bond donors (Lipinski definition) is 1. The highest BCUT2D eigenvalue weighted by molar-refractivity contribution is 5.83. The van der Waals surface area contributed by atoms with Gasteiger partial charge >= 0.3 is 0 Å². The van der Waals surface area contributed by atoms with E-state index in [1.807, 2.05) is 6.92 Å². The Bertz CT molecular complexity index is 202. The van der Waals surface area contributed by atoms with Crippen molar-refractivity contribution in [3.63, 3.8) is 0 Å². The number of allylic oxidation sites excluding steroid dienone is 2. The lowest BCUT2D eigenvalue weighted by atomic mass is 10.1. The van der Waals surface area contributed by atoms with E-state index in [-0.39, 0.29) is 0 Å². The van der Waals surface area contributed by atoms with Crippen molar-refractivity contribution in [3.05, 3.63) is 24.4 Å². The van der Waals surface area contributed by atoms with E-state index in [1.54, 1.807) is 12.3 Å². The molecule has 0 heterocycles. The molecule has 2 nitrogen and oxygen atoms in total. The van der Waals surface area contributed by atoms with Crippen LogP contribution in [0.15, 0.2) is 29.4 Å². The van der Waals surface area contributed by atoms with Crippen LogP contribution in [0.1, 0.15) is 27.2 Å². The Kier molecular flexibility index (Phi) is 5.09. The van der Waals surface area contributed by atoms with E-state index in [0.717, 1.165) is 12.0 Å². The van der Waals surface area contributed by atoms with Crippen LogP contribution >= 0.6 is 0 Å². The van der Waals surface area contributed by atoms with Gasteiger partial charge in [0.15, 0.2) is 0 Å². The van der Waals surface area contributed by atoms with Crippen molar-refractivity contribution in [2.75, 3.05) is 0 Å². The van der Waals surface area contributed by atoms with Gasteiger partial charge in [-0.25, -0.2) is 4.99 Å². The number of rotatable bonds is 4. The van der Waals surface area contributed by atoms with Crippen LogP contribution in [0.3, 0.4) is 0 Å². The van der Waals surface area contributed by atoms with Gasteiger partial charge in [0.05, 0.1) is 0 Å². The Balaban J connectivity index is 4.26. The van der Waals surface area contributed by atoms with Crippen molar-refractivity contribution in [1.82, 2.24) is 0 Å². The van der Waals surface area contributed by atoms with Crippen LogP contribution in [0.4, 0.5) is 0 Å². The third-order valence-electron chi connectivity index (χ3n) is 1.86. The molecule has 0 saturated heterocycles. The Morgan fingerprint density at radius 1 is 1.67 bits per heavy atom. The average molecular weight is 166 g/mol. The summed E-state index contributed by atoms with van der Waals surface area (Å²) in [5, 5.41) is 0. The van der Waals surface area contributed by atoms with E-state index >= 15 is 0 Å². The van der Waals surface area contributed by atoms with Crippen LogP contribution < -0.4 is 5.73 Å². The molecule has 0 saturated carbocycles. The zero-order valence-electron chi connectivity index (χ0n) is 8.17. The monoisotopic (exact) mass is 166 g/mol. The molecule has 1 atom stereocenters. The van der Waals surface area contributed by atoms with Gasteiger partial charge in [-0.3, -0.25) is 0 Å². The van der Waals surface area contributed by atoms with Crippen LogP contribution in [0, 0.1) is 5.92 Å². The van der Waals surface area contributed by atoms with E-state index in [4.69, 9.17) is 5.73 Å². The standard InChI is InChI=1S/C10H18N2/c1-5-8(3)7-12-10(11)9(4)6-2/h5,7,9H,1,6H2,2-4H3,(H2,11,12)/b8-7-. The van der Waals surface area contributed by atoms with Gasteiger partial charge in [-0.05, 0) is 18.9 Å². The van der Waals surface area contributed by atoms with Crippen molar-refractivity contribution < 1.29 is 0 Å². The molecule has 0 aromatic carbocycles. The molecule has 0 fully saturated rings. The summed E-state index contributed by atoms with van der Waals surface area (Å²) in [4.78, 5) is 4.13. The van der Waals surface area contributed by atoms with E-state index in [0.29, 0.717) is 11.8 Å². The van der Waals surface area contributed by atoms with Crippen molar-refractivity contribution >= 4 is 5.84 Å². The number of nitrogens with zero attached hydrogens (tertiary/aromatic N) is 1. The minimum Gasteiger partial charge on any atom is -0.387 e. The molecule has 1 unspecified atom stereocenters. The molecule has 12 heavy (non-hydrogen) atoms. The summed E-state index contributed by atoms with van der Waals surface area (Å²) in [6.07, 6.45) is 4.53. The minimum atomic E-state index is 0.360. The van der Waals surface area contributed by atoms with Crippen LogP contribution in [-0.4, -0.2) is 5.84 Å². The second-order valence-electron chi connectivity index (χ2n) is 2.94. The minimum absolute atomic E-state index is 0.360. The molecule has 0 aliphatic rings. The molecule has 0 aliphatic heterocycles. The fourth-order valence-corrected chi connectivity index (χ4v) is 0.565. The Morgan fingerprint density at radius 2 is 2.25 bits per heavy atom. The maximum absolute atomic E-state index is 5.70. The molecule has 0 aromatic rings. The number of hydrogen-bond acceptors (Lipinski definition) is 1. The second kappa shape index (κ2) is 5.58. The molecule has 0 aliphatic carbocycles. The molecule has 0 amide bonds. The first kappa shape index (κ1) is 11.0. The smallest absolute Gasteiger partial charge is 0.102 e. The third-order valence-corrected chi connectivity index (χ3v) is 1.86. The Hall–Kier alpha value is -1.05. The zero-order chi connectivity index (χ0) is 9.56. The number of nitrogens with two attached hydrogens (primary N) is 1. The zero-order valence-corrected chi connectivity index (χ0v) is 8.17. The van der Waals surface area contributed by atoms with E-state index in [1.165, 1.54) is 0 Å². The lowest BCUT2D eigenvalue weighted by Crippen LogP contribution is -2.20. The molecular formula is C10H18N2. The van der Waals surface area contributed by atoms with Crippen molar-refractivity contribution in [1.29, 1.82) is 0 Å². The van der Waals surface area contributed by atoms with Crippen LogP contribution in [0.2, 0.25) is 0 Å². The van der Waals surface area contributed by atoms with Gasteiger partial charge < -0.3 is 5.73 Å². The predicted molar refractivity (Wildman–Crippen MR) is 55.0 cm³/mol. The quantitative estimate of drug-likeness (QED) is 0.389. The van der Waals surface area contributed by atoms with Crippen LogP contribution in [0.25, 0.3) is 0 Å². The Morgan fingerprint density at radius 3 is 2.67 bits per heavy atom. The predicted octanol–water partition coefficient (Wildman–Crippen LogP) is 2.48. The highest BCUT2D eigenvalue weighted by atomic mass is 14.8. The summed E-state index contributed by atoms with van der Waals surface area (Å²) < 4.78 is 0. The highest BCUT2D eigenvalue weighted by Crippen LogP contribution is 2.01.